The van der Waals surface area contributed by atoms with Crippen LogP contribution >= 0.6 is 0 Å². The molecule has 0 atom stereocenters. The molecule has 4 saturated carbocycles. The van der Waals surface area contributed by atoms with Crippen LogP contribution in [0.1, 0.15) is 174 Å². The van der Waals surface area contributed by atoms with Gasteiger partial charge >= 0.3 is 0 Å². The molecule has 1 heterocycles. The molecule has 0 bridgehead atoms. The molecule has 0 aliphatic heterocycles. The number of aromatic nitrogens is 3. The molecule has 0 spiro atoms. The third kappa shape index (κ3) is 8.93. The Morgan fingerprint density at radius 3 is 0.817 bits per heavy atom. The van der Waals surface area contributed by atoms with Gasteiger partial charge in [-0.3, -0.25) is 0 Å². The molecule has 1 aromatic heterocycles. The quantitative estimate of drug-likeness (QED) is 0.146. The van der Waals surface area contributed by atoms with Gasteiger partial charge in [-0.1, -0.05) is 192 Å². The SMILES string of the molecule is c1ccc(-c2nc(-c3ccc(-c4cc(C5CCCCC5)cc(C5CCCCC5)c4)cc3)nc(-c3ccc(-c4cc(C5CCCCC5)cc(C5CCCCC5)c4)cc3)n2)cc1. The van der Waals surface area contributed by atoms with Crippen molar-refractivity contribution >= 4 is 0 Å². The summed E-state index contributed by atoms with van der Waals surface area (Å²) in [7, 11) is 0. The van der Waals surface area contributed by atoms with Crippen molar-refractivity contribution in [3.05, 3.63) is 138 Å². The largest absolute Gasteiger partial charge is 0.208 e. The number of hydrogen-bond acceptors (Lipinski definition) is 3. The van der Waals surface area contributed by atoms with E-state index in [0.29, 0.717) is 41.1 Å². The predicted molar refractivity (Wildman–Crippen MR) is 250 cm³/mol. The average molecular weight is 790 g/mol. The zero-order valence-electron chi connectivity index (χ0n) is 35.8. The van der Waals surface area contributed by atoms with E-state index < -0.39 is 0 Å². The second kappa shape index (κ2) is 18.4. The number of hydrogen-bond donors (Lipinski definition) is 0. The van der Waals surface area contributed by atoms with Gasteiger partial charge in [0.15, 0.2) is 17.5 Å². The van der Waals surface area contributed by atoms with E-state index in [0.717, 1.165) is 16.7 Å². The standard InChI is InChI=1S/C57H63N3/c1-6-16-40(17-7-1)49-34-50(41-18-8-2-9-19-41)37-53(36-49)44-26-30-47(31-27-44)56-58-55(46-24-14-5-15-25-46)59-57(60-56)48-32-28-45(29-33-48)54-38-51(42-20-10-3-11-21-42)35-52(39-54)43-22-12-4-13-23-43/h5,14-15,24-43H,1-4,6-13,16-23H2. The van der Waals surface area contributed by atoms with Gasteiger partial charge in [-0.2, -0.15) is 0 Å². The minimum absolute atomic E-state index is 0.695. The molecule has 4 aliphatic rings. The van der Waals surface area contributed by atoms with E-state index >= 15 is 0 Å². The Labute approximate surface area is 359 Å². The normalized spacial score (nSPS) is 18.7. The number of rotatable bonds is 9. The van der Waals surface area contributed by atoms with E-state index in [9.17, 15) is 0 Å². The summed E-state index contributed by atoms with van der Waals surface area (Å²) in [5.74, 6) is 4.91. The van der Waals surface area contributed by atoms with Crippen LogP contribution in [0, 0.1) is 0 Å². The van der Waals surface area contributed by atoms with Gasteiger partial charge in [0.1, 0.15) is 0 Å². The first-order valence-electron chi connectivity index (χ1n) is 24.0. The van der Waals surface area contributed by atoms with Crippen molar-refractivity contribution in [3.63, 3.8) is 0 Å². The molecule has 0 amide bonds. The molecule has 3 heteroatoms. The molecule has 4 fully saturated rings. The van der Waals surface area contributed by atoms with Crippen molar-refractivity contribution in [2.45, 2.75) is 152 Å². The molecule has 0 N–H and O–H groups in total. The molecule has 60 heavy (non-hydrogen) atoms. The Morgan fingerprint density at radius 2 is 0.517 bits per heavy atom. The smallest absolute Gasteiger partial charge is 0.164 e. The molecule has 6 aromatic rings. The summed E-state index contributed by atoms with van der Waals surface area (Å²) < 4.78 is 0. The molecule has 0 saturated heterocycles. The van der Waals surface area contributed by atoms with Gasteiger partial charge in [0.25, 0.3) is 0 Å². The lowest BCUT2D eigenvalue weighted by atomic mass is 9.78. The lowest BCUT2D eigenvalue weighted by molar-refractivity contribution is 0.435. The fourth-order valence-electron chi connectivity index (χ4n) is 11.3. The lowest BCUT2D eigenvalue weighted by Crippen LogP contribution is -2.08. The topological polar surface area (TPSA) is 38.7 Å². The maximum Gasteiger partial charge on any atom is 0.164 e. The van der Waals surface area contributed by atoms with Crippen molar-refractivity contribution in [3.8, 4) is 56.4 Å². The summed E-state index contributed by atoms with van der Waals surface area (Å²) in [5, 5.41) is 0. The fourth-order valence-corrected chi connectivity index (χ4v) is 11.3. The molecule has 0 radical (unpaired) electrons. The Hall–Kier alpha value is -4.89. The lowest BCUT2D eigenvalue weighted by Gasteiger charge is -2.27. The molecule has 5 aromatic carbocycles. The fraction of sp³-hybridized carbons (Fsp3) is 0.421. The van der Waals surface area contributed by atoms with E-state index in [1.165, 1.54) is 151 Å². The van der Waals surface area contributed by atoms with Crippen molar-refractivity contribution < 1.29 is 0 Å². The van der Waals surface area contributed by atoms with E-state index in [4.69, 9.17) is 15.0 Å². The summed E-state index contributed by atoms with van der Waals surface area (Å²) >= 11 is 0. The second-order valence-corrected chi connectivity index (χ2v) is 18.9. The molecule has 4 aliphatic carbocycles. The highest BCUT2D eigenvalue weighted by molar-refractivity contribution is 5.73. The molecule has 10 rings (SSSR count). The Morgan fingerprint density at radius 1 is 0.250 bits per heavy atom. The van der Waals surface area contributed by atoms with Gasteiger partial charge in [-0.15, -0.1) is 0 Å². The summed E-state index contributed by atoms with van der Waals surface area (Å²) in [6, 6.07) is 43.7. The molecular weight excluding hydrogens is 727 g/mol. The highest BCUT2D eigenvalue weighted by Crippen LogP contribution is 2.42. The second-order valence-electron chi connectivity index (χ2n) is 18.9. The Balaban J connectivity index is 0.974. The van der Waals surface area contributed by atoms with Crippen LogP contribution in [0.5, 0.6) is 0 Å². The van der Waals surface area contributed by atoms with Gasteiger partial charge in [-0.05, 0) is 120 Å². The minimum atomic E-state index is 0.695. The van der Waals surface area contributed by atoms with Crippen molar-refractivity contribution in [2.24, 2.45) is 0 Å². The van der Waals surface area contributed by atoms with Gasteiger partial charge < -0.3 is 0 Å². The summed E-state index contributed by atoms with van der Waals surface area (Å²) in [6.45, 7) is 0. The van der Waals surface area contributed by atoms with Crippen LogP contribution in [0.3, 0.4) is 0 Å². The maximum absolute atomic E-state index is 5.18. The first-order chi connectivity index (χ1) is 29.7. The van der Waals surface area contributed by atoms with E-state index in [1.807, 2.05) is 0 Å². The van der Waals surface area contributed by atoms with E-state index in [1.54, 1.807) is 22.3 Å². The maximum atomic E-state index is 5.18. The van der Waals surface area contributed by atoms with E-state index in [2.05, 4.69) is 115 Å². The van der Waals surface area contributed by atoms with Gasteiger partial charge in [0.2, 0.25) is 0 Å². The zero-order chi connectivity index (χ0) is 40.1. The number of nitrogens with zero attached hydrogens (tertiary/aromatic N) is 3. The van der Waals surface area contributed by atoms with Crippen molar-refractivity contribution in [2.75, 3.05) is 0 Å². The van der Waals surface area contributed by atoms with Crippen LogP contribution in [0.4, 0.5) is 0 Å². The highest BCUT2D eigenvalue weighted by atomic mass is 15.0. The van der Waals surface area contributed by atoms with Crippen LogP contribution < -0.4 is 0 Å². The summed E-state index contributed by atoms with van der Waals surface area (Å²) in [4.78, 5) is 15.4. The third-order valence-corrected chi connectivity index (χ3v) is 14.9. The molecule has 306 valence electrons. The summed E-state index contributed by atoms with van der Waals surface area (Å²) in [5.41, 5.74) is 14.6. The van der Waals surface area contributed by atoms with Crippen LogP contribution in [-0.2, 0) is 0 Å². The van der Waals surface area contributed by atoms with Crippen LogP contribution in [-0.4, -0.2) is 15.0 Å². The first-order valence-corrected chi connectivity index (χ1v) is 24.0. The molecular formula is C57H63N3. The zero-order valence-corrected chi connectivity index (χ0v) is 35.8. The van der Waals surface area contributed by atoms with Crippen molar-refractivity contribution in [1.82, 2.24) is 15.0 Å². The average Bonchev–Trinajstić information content (AvgIpc) is 3.35. The third-order valence-electron chi connectivity index (χ3n) is 14.9. The van der Waals surface area contributed by atoms with Gasteiger partial charge in [0, 0.05) is 16.7 Å². The first kappa shape index (κ1) is 39.3. The van der Waals surface area contributed by atoms with E-state index in [-0.39, 0.29) is 0 Å². The molecule has 3 nitrogen and oxygen atoms in total. The van der Waals surface area contributed by atoms with Gasteiger partial charge in [-0.25, -0.2) is 15.0 Å². The van der Waals surface area contributed by atoms with Crippen molar-refractivity contribution in [1.29, 1.82) is 0 Å². The van der Waals surface area contributed by atoms with Crippen LogP contribution in [0.15, 0.2) is 115 Å². The van der Waals surface area contributed by atoms with Crippen LogP contribution in [0.2, 0.25) is 0 Å². The highest BCUT2D eigenvalue weighted by Gasteiger charge is 2.23. The Bertz CT molecular complexity index is 2120. The van der Waals surface area contributed by atoms with Gasteiger partial charge in [0.05, 0.1) is 0 Å². The monoisotopic (exact) mass is 790 g/mol. The predicted octanol–water partition coefficient (Wildman–Crippen LogP) is 16.4. The van der Waals surface area contributed by atoms with Crippen LogP contribution in [0.25, 0.3) is 56.4 Å². The summed E-state index contributed by atoms with van der Waals surface area (Å²) in [6.07, 6.45) is 27.1. The number of benzene rings is 5. The minimum Gasteiger partial charge on any atom is -0.208 e. The Kier molecular flexibility index (Phi) is 12.0. The molecule has 0 unspecified atom stereocenters.